The summed E-state index contributed by atoms with van der Waals surface area (Å²) in [6, 6.07) is 12.1. The number of benzene rings is 2. The molecule has 3 aromatic rings. The van der Waals surface area contributed by atoms with Crippen molar-refractivity contribution in [2.75, 3.05) is 27.3 Å². The van der Waals surface area contributed by atoms with Gasteiger partial charge in [0.05, 0.1) is 23.8 Å². The Balaban J connectivity index is 1.49. The fourth-order valence-electron chi connectivity index (χ4n) is 3.87. The molecule has 32 heavy (non-hydrogen) atoms. The lowest BCUT2D eigenvalue weighted by atomic mass is 9.98. The van der Waals surface area contributed by atoms with Crippen LogP contribution in [0.3, 0.4) is 0 Å². The highest BCUT2D eigenvalue weighted by Gasteiger charge is 2.32. The highest BCUT2D eigenvalue weighted by Crippen LogP contribution is 2.28. The van der Waals surface area contributed by atoms with Crippen molar-refractivity contribution in [2.45, 2.75) is 17.7 Å². The van der Waals surface area contributed by atoms with Crippen LogP contribution in [0.4, 0.5) is 0 Å². The fraction of sp³-hybridized carbons (Fsp3) is 0.364. The van der Waals surface area contributed by atoms with Crippen LogP contribution in [0, 0.1) is 5.92 Å². The molecule has 2 heterocycles. The maximum Gasteiger partial charge on any atom is 0.251 e. The molecule has 0 saturated carbocycles. The number of amides is 1. The first-order chi connectivity index (χ1) is 15.3. The maximum absolute atomic E-state index is 12.9. The van der Waals surface area contributed by atoms with Crippen LogP contribution in [-0.2, 0) is 21.9 Å². The molecule has 1 fully saturated rings. The summed E-state index contributed by atoms with van der Waals surface area (Å²) in [5.41, 5.74) is 0.895. The second-order valence-corrected chi connectivity index (χ2v) is 10.5. The van der Waals surface area contributed by atoms with E-state index in [-0.39, 0.29) is 29.8 Å². The molecule has 0 unspecified atom stereocenters. The van der Waals surface area contributed by atoms with Gasteiger partial charge in [-0.3, -0.25) is 4.79 Å². The topological polar surface area (TPSA) is 90.2 Å². The number of fused-ring (bicyclic) bond motifs is 1. The van der Waals surface area contributed by atoms with Gasteiger partial charge in [0, 0.05) is 26.1 Å². The smallest absolute Gasteiger partial charge is 0.251 e. The first kappa shape index (κ1) is 22.5. The number of piperidine rings is 1. The minimum absolute atomic E-state index is 0.215. The number of hydrogen-bond donors (Lipinski definition) is 0. The Morgan fingerprint density at radius 3 is 2.38 bits per heavy atom. The second kappa shape index (κ2) is 9.05. The van der Waals surface area contributed by atoms with Gasteiger partial charge in [0.2, 0.25) is 10.0 Å². The molecule has 8 nitrogen and oxygen atoms in total. The minimum Gasteiger partial charge on any atom is -0.497 e. The zero-order valence-corrected chi connectivity index (χ0v) is 19.8. The highest BCUT2D eigenvalue weighted by atomic mass is 32.2. The van der Waals surface area contributed by atoms with E-state index in [1.807, 2.05) is 29.8 Å². The lowest BCUT2D eigenvalue weighted by molar-refractivity contribution is -0.122. The molecule has 1 amide bonds. The predicted molar refractivity (Wildman–Crippen MR) is 122 cm³/mol. The predicted octanol–water partition coefficient (Wildman–Crippen LogP) is 2.79. The van der Waals surface area contributed by atoms with Gasteiger partial charge in [0.25, 0.3) is 5.91 Å². The van der Waals surface area contributed by atoms with Gasteiger partial charge in [-0.25, -0.2) is 8.42 Å². The van der Waals surface area contributed by atoms with Gasteiger partial charge < -0.3 is 14.0 Å². The van der Waals surface area contributed by atoms with Crippen molar-refractivity contribution in [3.8, 4) is 11.5 Å². The number of thiazole rings is 1. The van der Waals surface area contributed by atoms with Gasteiger partial charge in [-0.15, -0.1) is 0 Å². The molecular formula is C22H25N3O5S2. The molecule has 0 radical (unpaired) electrons. The summed E-state index contributed by atoms with van der Waals surface area (Å²) in [5.74, 6) is 0.811. The SMILES string of the molecule is COc1ccc(S(=O)(=O)N2CCC(C(=O)N=c3sc4cccc(OC)c4n3C)CC2)cc1. The fourth-order valence-corrected chi connectivity index (χ4v) is 6.38. The van der Waals surface area contributed by atoms with E-state index in [0.717, 1.165) is 16.0 Å². The molecule has 1 saturated heterocycles. The number of rotatable bonds is 5. The normalized spacial score (nSPS) is 16.4. The molecule has 0 spiro atoms. The number of ether oxygens (including phenoxy) is 2. The Labute approximate surface area is 190 Å². The van der Waals surface area contributed by atoms with Gasteiger partial charge in [0.15, 0.2) is 4.80 Å². The van der Waals surface area contributed by atoms with Crippen LogP contribution >= 0.6 is 11.3 Å². The average molecular weight is 476 g/mol. The highest BCUT2D eigenvalue weighted by molar-refractivity contribution is 7.89. The third kappa shape index (κ3) is 4.17. The van der Waals surface area contributed by atoms with Gasteiger partial charge in [-0.2, -0.15) is 9.30 Å². The largest absolute Gasteiger partial charge is 0.497 e. The van der Waals surface area contributed by atoms with Crippen LogP contribution in [0.1, 0.15) is 12.8 Å². The Morgan fingerprint density at radius 2 is 1.75 bits per heavy atom. The summed E-state index contributed by atoms with van der Waals surface area (Å²) in [5, 5.41) is 0. The number of aromatic nitrogens is 1. The van der Waals surface area contributed by atoms with Crippen molar-refractivity contribution in [1.82, 2.24) is 8.87 Å². The molecule has 170 valence electrons. The van der Waals surface area contributed by atoms with Crippen LogP contribution in [0.5, 0.6) is 11.5 Å². The van der Waals surface area contributed by atoms with E-state index in [0.29, 0.717) is 23.4 Å². The van der Waals surface area contributed by atoms with Gasteiger partial charge in [-0.05, 0) is 49.2 Å². The lowest BCUT2D eigenvalue weighted by Gasteiger charge is -2.29. The zero-order chi connectivity index (χ0) is 22.9. The lowest BCUT2D eigenvalue weighted by Crippen LogP contribution is -2.40. The van der Waals surface area contributed by atoms with Gasteiger partial charge in [-0.1, -0.05) is 17.4 Å². The van der Waals surface area contributed by atoms with Crippen molar-refractivity contribution in [1.29, 1.82) is 0 Å². The Hall–Kier alpha value is -2.69. The molecule has 4 rings (SSSR count). The van der Waals surface area contributed by atoms with Gasteiger partial charge in [0.1, 0.15) is 17.0 Å². The van der Waals surface area contributed by atoms with Crippen LogP contribution in [0.25, 0.3) is 10.2 Å². The number of para-hydroxylation sites is 1. The number of methoxy groups -OCH3 is 2. The summed E-state index contributed by atoms with van der Waals surface area (Å²) in [4.78, 5) is 18.0. The van der Waals surface area contributed by atoms with Crippen molar-refractivity contribution in [3.63, 3.8) is 0 Å². The number of carbonyl (C=O) groups is 1. The standard InChI is InChI=1S/C22H25N3O5S2/c1-24-20-18(30-3)5-4-6-19(20)31-22(24)23-21(26)15-11-13-25(14-12-15)32(27,28)17-9-7-16(29-2)8-10-17/h4-10,15H,11-14H2,1-3H3. The van der Waals surface area contributed by atoms with E-state index in [4.69, 9.17) is 9.47 Å². The van der Waals surface area contributed by atoms with Crippen LogP contribution < -0.4 is 14.3 Å². The first-order valence-electron chi connectivity index (χ1n) is 10.2. The van der Waals surface area contributed by atoms with E-state index in [1.54, 1.807) is 19.2 Å². The first-order valence-corrected chi connectivity index (χ1v) is 12.5. The molecule has 1 aromatic heterocycles. The molecule has 1 aliphatic rings. The number of carbonyl (C=O) groups excluding carboxylic acids is 1. The van der Waals surface area contributed by atoms with E-state index >= 15 is 0 Å². The molecule has 1 aliphatic heterocycles. The van der Waals surface area contributed by atoms with E-state index in [2.05, 4.69) is 4.99 Å². The van der Waals surface area contributed by atoms with Crippen molar-refractivity contribution in [2.24, 2.45) is 18.0 Å². The number of aryl methyl sites for hydroxylation is 1. The van der Waals surface area contributed by atoms with Gasteiger partial charge >= 0.3 is 0 Å². The Morgan fingerprint density at radius 1 is 1.06 bits per heavy atom. The van der Waals surface area contributed by atoms with Crippen LogP contribution in [0.15, 0.2) is 52.4 Å². The summed E-state index contributed by atoms with van der Waals surface area (Å²) in [7, 11) is 1.40. The summed E-state index contributed by atoms with van der Waals surface area (Å²) in [6.07, 6.45) is 0.880. The number of nitrogens with zero attached hydrogens (tertiary/aromatic N) is 3. The molecule has 2 aromatic carbocycles. The molecule has 0 atom stereocenters. The van der Waals surface area contributed by atoms with E-state index in [9.17, 15) is 13.2 Å². The minimum atomic E-state index is -3.61. The molecule has 0 N–H and O–H groups in total. The van der Waals surface area contributed by atoms with E-state index < -0.39 is 10.0 Å². The summed E-state index contributed by atoms with van der Waals surface area (Å²) < 4.78 is 40.6. The number of hydrogen-bond acceptors (Lipinski definition) is 6. The maximum atomic E-state index is 12.9. The second-order valence-electron chi connectivity index (χ2n) is 7.55. The molecular weight excluding hydrogens is 450 g/mol. The quantitative estimate of drug-likeness (QED) is 0.566. The van der Waals surface area contributed by atoms with Crippen molar-refractivity contribution < 1.29 is 22.7 Å². The zero-order valence-electron chi connectivity index (χ0n) is 18.1. The third-order valence-electron chi connectivity index (χ3n) is 5.71. The summed E-state index contributed by atoms with van der Waals surface area (Å²) >= 11 is 1.43. The van der Waals surface area contributed by atoms with Crippen molar-refractivity contribution >= 4 is 37.5 Å². The monoisotopic (exact) mass is 475 g/mol. The number of sulfonamides is 1. The Bertz CT molecular complexity index is 1300. The third-order valence-corrected chi connectivity index (χ3v) is 8.72. The van der Waals surface area contributed by atoms with Crippen molar-refractivity contribution in [3.05, 3.63) is 47.3 Å². The Kier molecular flexibility index (Phi) is 6.36. The van der Waals surface area contributed by atoms with Crippen LogP contribution in [0.2, 0.25) is 0 Å². The average Bonchev–Trinajstić information content (AvgIpc) is 3.14. The van der Waals surface area contributed by atoms with E-state index in [1.165, 1.54) is 34.9 Å². The van der Waals surface area contributed by atoms with Crippen LogP contribution in [-0.4, -0.2) is 50.5 Å². The summed E-state index contributed by atoms with van der Waals surface area (Å²) in [6.45, 7) is 0.569. The molecule has 0 bridgehead atoms. The molecule has 10 heteroatoms. The molecule has 0 aliphatic carbocycles.